The van der Waals surface area contributed by atoms with E-state index in [9.17, 15) is 0 Å². The summed E-state index contributed by atoms with van der Waals surface area (Å²) in [5.41, 5.74) is 4.96. The molecule has 0 bridgehead atoms. The molecule has 128 valence electrons. The van der Waals surface area contributed by atoms with Gasteiger partial charge >= 0.3 is 0 Å². The highest BCUT2D eigenvalue weighted by Gasteiger charge is 2.09. The molecule has 2 aromatic rings. The van der Waals surface area contributed by atoms with Crippen LogP contribution in [-0.2, 0) is 13.1 Å². The van der Waals surface area contributed by atoms with Crippen molar-refractivity contribution in [3.63, 3.8) is 0 Å². The number of hydrogen-bond donors (Lipinski definition) is 3. The second kappa shape index (κ2) is 9.40. The number of hydrogen-bond acceptors (Lipinski definition) is 1. The molecule has 3 nitrogen and oxygen atoms in total. The van der Waals surface area contributed by atoms with Crippen LogP contribution in [0.1, 0.15) is 30.5 Å². The van der Waals surface area contributed by atoms with E-state index < -0.39 is 0 Å². The fourth-order valence-electron chi connectivity index (χ4n) is 2.66. The average molecular weight is 343 g/mol. The van der Waals surface area contributed by atoms with E-state index in [0.717, 1.165) is 31.9 Å². The van der Waals surface area contributed by atoms with Gasteiger partial charge in [0.1, 0.15) is 6.54 Å². The van der Waals surface area contributed by atoms with Gasteiger partial charge in [-0.3, -0.25) is 0 Å². The Morgan fingerprint density at radius 2 is 1.58 bits per heavy atom. The van der Waals surface area contributed by atoms with Crippen LogP contribution in [0.3, 0.4) is 0 Å². The van der Waals surface area contributed by atoms with Crippen molar-refractivity contribution in [1.82, 2.24) is 5.32 Å². The van der Waals surface area contributed by atoms with E-state index in [1.807, 2.05) is 12.1 Å². The van der Waals surface area contributed by atoms with Gasteiger partial charge in [0.2, 0.25) is 0 Å². The first-order valence-corrected chi connectivity index (χ1v) is 9.05. The molecule has 0 saturated heterocycles. The van der Waals surface area contributed by atoms with E-state index in [2.05, 4.69) is 67.8 Å². The molecule has 2 rings (SSSR count). The maximum atomic E-state index is 5.42. The summed E-state index contributed by atoms with van der Waals surface area (Å²) in [4.78, 5) is 1.59. The molecule has 0 saturated carbocycles. The molecule has 0 unspecified atom stereocenters. The Kier molecular flexibility index (Phi) is 7.22. The van der Waals surface area contributed by atoms with Crippen molar-refractivity contribution < 1.29 is 4.90 Å². The molecule has 3 N–H and O–H groups in total. The summed E-state index contributed by atoms with van der Waals surface area (Å²) in [7, 11) is 0. The Morgan fingerprint density at radius 1 is 0.958 bits per heavy atom. The molecule has 0 heterocycles. The summed E-state index contributed by atoms with van der Waals surface area (Å²) >= 11 is 5.42. The van der Waals surface area contributed by atoms with Gasteiger partial charge in [0.05, 0.1) is 13.1 Å². The van der Waals surface area contributed by atoms with Gasteiger partial charge in [0.25, 0.3) is 0 Å². The summed E-state index contributed by atoms with van der Waals surface area (Å²) < 4.78 is 0. The van der Waals surface area contributed by atoms with E-state index in [1.165, 1.54) is 16.7 Å². The monoisotopic (exact) mass is 342 g/mol. The summed E-state index contributed by atoms with van der Waals surface area (Å²) in [5, 5.41) is 7.22. The van der Waals surface area contributed by atoms with Crippen molar-refractivity contribution in [2.75, 3.05) is 18.4 Å². The van der Waals surface area contributed by atoms with Crippen LogP contribution in [-0.4, -0.2) is 18.2 Å². The second-order valence-electron chi connectivity index (χ2n) is 6.08. The van der Waals surface area contributed by atoms with Gasteiger partial charge < -0.3 is 15.5 Å². The molecular weight excluding hydrogens is 314 g/mol. The maximum absolute atomic E-state index is 5.42. The fraction of sp³-hybridized carbons (Fsp3) is 0.350. The lowest BCUT2D eigenvalue weighted by atomic mass is 10.1. The highest BCUT2D eigenvalue weighted by atomic mass is 32.1. The zero-order chi connectivity index (χ0) is 17.4. The second-order valence-corrected chi connectivity index (χ2v) is 6.48. The van der Waals surface area contributed by atoms with Gasteiger partial charge in [-0.15, -0.1) is 0 Å². The van der Waals surface area contributed by atoms with Crippen molar-refractivity contribution >= 4 is 23.0 Å². The molecule has 0 spiro atoms. The Bertz CT molecular complexity index is 648. The van der Waals surface area contributed by atoms with Crippen LogP contribution in [0, 0.1) is 6.92 Å². The number of benzene rings is 2. The average Bonchev–Trinajstić information content (AvgIpc) is 2.60. The molecule has 4 heteroatoms. The lowest BCUT2D eigenvalue weighted by molar-refractivity contribution is -0.910. The number of rotatable bonds is 7. The van der Waals surface area contributed by atoms with E-state index in [4.69, 9.17) is 12.2 Å². The quantitative estimate of drug-likeness (QED) is 0.676. The number of nitrogens with one attached hydrogen (secondary N) is 3. The number of quaternary nitrogens is 1. The van der Waals surface area contributed by atoms with E-state index in [0.29, 0.717) is 5.11 Å². The molecule has 2 aromatic carbocycles. The third-order valence-corrected chi connectivity index (χ3v) is 4.55. The van der Waals surface area contributed by atoms with Crippen LogP contribution in [0.25, 0.3) is 0 Å². The summed E-state index contributed by atoms with van der Waals surface area (Å²) in [6, 6.07) is 16.8. The van der Waals surface area contributed by atoms with Crippen molar-refractivity contribution in [3.05, 3.63) is 65.2 Å². The van der Waals surface area contributed by atoms with Crippen LogP contribution in [0.2, 0.25) is 0 Å². The van der Waals surface area contributed by atoms with Gasteiger partial charge in [-0.25, -0.2) is 0 Å². The molecular formula is C20H28N3S+. The smallest absolute Gasteiger partial charge is 0.171 e. The molecule has 0 aliphatic heterocycles. The van der Waals surface area contributed by atoms with Gasteiger partial charge in [-0.1, -0.05) is 42.0 Å². The van der Waals surface area contributed by atoms with Crippen LogP contribution < -0.4 is 15.5 Å². The van der Waals surface area contributed by atoms with Gasteiger partial charge in [0, 0.05) is 17.8 Å². The van der Waals surface area contributed by atoms with Crippen molar-refractivity contribution in [2.45, 2.75) is 33.9 Å². The molecule has 0 aliphatic carbocycles. The van der Waals surface area contributed by atoms with E-state index in [-0.39, 0.29) is 0 Å². The molecule has 0 atom stereocenters. The molecule has 0 aromatic heterocycles. The highest BCUT2D eigenvalue weighted by molar-refractivity contribution is 7.80. The molecule has 24 heavy (non-hydrogen) atoms. The van der Waals surface area contributed by atoms with Crippen molar-refractivity contribution in [3.8, 4) is 0 Å². The molecule has 0 aliphatic rings. The van der Waals surface area contributed by atoms with Gasteiger partial charge in [-0.2, -0.15) is 0 Å². The van der Waals surface area contributed by atoms with Crippen LogP contribution in [0.5, 0.6) is 0 Å². The minimum Gasteiger partial charge on any atom is -0.358 e. The Hall–Kier alpha value is -1.91. The third-order valence-electron chi connectivity index (χ3n) is 4.31. The summed E-state index contributed by atoms with van der Waals surface area (Å²) in [5.74, 6) is 0. The first-order valence-electron chi connectivity index (χ1n) is 8.64. The topological polar surface area (TPSA) is 28.5 Å². The normalized spacial score (nSPS) is 10.7. The van der Waals surface area contributed by atoms with Gasteiger partial charge in [-0.05, 0) is 50.7 Å². The Labute approximate surface area is 151 Å². The van der Waals surface area contributed by atoms with Crippen LogP contribution in [0.4, 0.5) is 5.69 Å². The number of thiocarbonyl (C=S) groups is 1. The lowest BCUT2D eigenvalue weighted by Gasteiger charge is -2.18. The lowest BCUT2D eigenvalue weighted by Crippen LogP contribution is -3.10. The first kappa shape index (κ1) is 18.4. The number of anilines is 1. The predicted octanol–water partition coefficient (Wildman–Crippen LogP) is 2.91. The number of aryl methyl sites for hydroxylation is 1. The fourth-order valence-corrected chi connectivity index (χ4v) is 2.85. The van der Waals surface area contributed by atoms with E-state index in [1.54, 1.807) is 4.90 Å². The Morgan fingerprint density at radius 3 is 2.21 bits per heavy atom. The van der Waals surface area contributed by atoms with Crippen LogP contribution >= 0.6 is 12.2 Å². The summed E-state index contributed by atoms with van der Waals surface area (Å²) in [6.45, 7) is 10.6. The predicted molar refractivity (Wildman–Crippen MR) is 106 cm³/mol. The van der Waals surface area contributed by atoms with E-state index >= 15 is 0 Å². The first-order chi connectivity index (χ1) is 11.6. The van der Waals surface area contributed by atoms with Crippen LogP contribution in [0.15, 0.2) is 48.5 Å². The third kappa shape index (κ3) is 5.62. The Balaban J connectivity index is 1.93. The SMILES string of the molecule is CC[NH+](CC)Cc1ccccc1CNC(=S)Nc1ccc(C)cc1. The molecule has 0 fully saturated rings. The minimum absolute atomic E-state index is 0.656. The van der Waals surface area contributed by atoms with Gasteiger partial charge in [0.15, 0.2) is 5.11 Å². The zero-order valence-electron chi connectivity index (χ0n) is 14.9. The zero-order valence-corrected chi connectivity index (χ0v) is 15.7. The van der Waals surface area contributed by atoms with Crippen molar-refractivity contribution in [2.24, 2.45) is 0 Å². The molecule has 0 radical (unpaired) electrons. The largest absolute Gasteiger partial charge is 0.358 e. The van der Waals surface area contributed by atoms with Crippen molar-refractivity contribution in [1.29, 1.82) is 0 Å². The minimum atomic E-state index is 0.656. The highest BCUT2D eigenvalue weighted by Crippen LogP contribution is 2.10. The molecule has 0 amide bonds. The standard InChI is InChI=1S/C20H27N3S/c1-4-23(5-2)15-18-9-7-6-8-17(18)14-21-20(24)22-19-12-10-16(3)11-13-19/h6-13H,4-5,14-15H2,1-3H3,(H2,21,22,24)/p+1. The summed E-state index contributed by atoms with van der Waals surface area (Å²) in [6.07, 6.45) is 0. The maximum Gasteiger partial charge on any atom is 0.171 e.